The van der Waals surface area contributed by atoms with Crippen molar-refractivity contribution < 1.29 is 14.3 Å². The summed E-state index contributed by atoms with van der Waals surface area (Å²) in [6.45, 7) is 0. The zero-order valence-electron chi connectivity index (χ0n) is 13.7. The Kier molecular flexibility index (Phi) is 3.63. The van der Waals surface area contributed by atoms with E-state index in [2.05, 4.69) is 15.3 Å². The van der Waals surface area contributed by atoms with Crippen LogP contribution in [-0.4, -0.2) is 28.1 Å². The lowest BCUT2D eigenvalue weighted by molar-refractivity contribution is 0.0698. The van der Waals surface area contributed by atoms with Crippen LogP contribution in [0.25, 0.3) is 22.2 Å². The fraction of sp³-hybridized carbons (Fsp3) is 0.333. The number of fused-ring (bicyclic) bond motifs is 2. The Morgan fingerprint density at radius 3 is 2.64 bits per heavy atom. The summed E-state index contributed by atoms with van der Waals surface area (Å²) in [7, 11) is 1.56. The average molecular weight is 339 g/mol. The van der Waals surface area contributed by atoms with Gasteiger partial charge in [0.25, 0.3) is 0 Å². The number of nitrogens with one attached hydrogen (secondary N) is 1. The highest BCUT2D eigenvalue weighted by molar-refractivity contribution is 5.98. The molecular formula is C18H17N3O4. The van der Waals surface area contributed by atoms with E-state index in [9.17, 15) is 14.7 Å². The minimum Gasteiger partial charge on any atom is -0.478 e. The molecule has 0 aromatic carbocycles. The third-order valence-corrected chi connectivity index (χ3v) is 4.84. The molecule has 25 heavy (non-hydrogen) atoms. The number of carbonyl (C=O) groups is 1. The molecule has 1 aliphatic carbocycles. The summed E-state index contributed by atoms with van der Waals surface area (Å²) in [6, 6.07) is 3.14. The van der Waals surface area contributed by atoms with Gasteiger partial charge in [-0.2, -0.15) is 4.98 Å². The fourth-order valence-electron chi connectivity index (χ4n) is 3.52. The van der Waals surface area contributed by atoms with Gasteiger partial charge in [0.05, 0.1) is 10.8 Å². The molecule has 1 aliphatic rings. The number of hydrogen-bond donors (Lipinski definition) is 2. The molecule has 0 radical (unpaired) electrons. The quantitative estimate of drug-likeness (QED) is 0.706. The second-order valence-corrected chi connectivity index (χ2v) is 6.33. The molecule has 0 atom stereocenters. The van der Waals surface area contributed by atoms with Crippen molar-refractivity contribution in [3.8, 4) is 0 Å². The lowest BCUT2D eigenvalue weighted by Crippen LogP contribution is -2.10. The number of anilines is 1. The summed E-state index contributed by atoms with van der Waals surface area (Å²) >= 11 is 0. The van der Waals surface area contributed by atoms with Gasteiger partial charge in [0.2, 0.25) is 16.9 Å². The largest absolute Gasteiger partial charge is 0.478 e. The Labute approximate surface area is 142 Å². The summed E-state index contributed by atoms with van der Waals surface area (Å²) in [5.41, 5.74) is 0.961. The number of rotatable bonds is 3. The molecule has 128 valence electrons. The number of carboxylic acid groups (broad SMARTS) is 1. The van der Waals surface area contributed by atoms with E-state index in [4.69, 9.17) is 4.42 Å². The maximum absolute atomic E-state index is 12.9. The van der Waals surface area contributed by atoms with Crippen molar-refractivity contribution >= 4 is 34.0 Å². The van der Waals surface area contributed by atoms with Gasteiger partial charge in [-0.05, 0) is 36.5 Å². The van der Waals surface area contributed by atoms with E-state index >= 15 is 0 Å². The predicted molar refractivity (Wildman–Crippen MR) is 93.3 cm³/mol. The Hall–Kier alpha value is -2.96. The number of carboxylic acids is 1. The first-order valence-electron chi connectivity index (χ1n) is 8.27. The standard InChI is InChI=1S/C18H17N3O4/c1-19-15-13(18(23)24)7-12-14(22)11-6-10(9-4-2-3-5-9)8-20-16(11)25-17(12)21-15/h6-9H,2-5H2,1H3,(H,19,21)(H,23,24). The average Bonchev–Trinajstić information content (AvgIpc) is 3.15. The van der Waals surface area contributed by atoms with Crippen LogP contribution < -0.4 is 10.7 Å². The van der Waals surface area contributed by atoms with Gasteiger partial charge in [-0.3, -0.25) is 4.79 Å². The van der Waals surface area contributed by atoms with E-state index in [0.717, 1.165) is 18.4 Å². The molecule has 4 rings (SSSR count). The van der Waals surface area contributed by atoms with E-state index in [-0.39, 0.29) is 33.6 Å². The molecule has 1 saturated carbocycles. The Morgan fingerprint density at radius 1 is 1.24 bits per heavy atom. The third kappa shape index (κ3) is 2.52. The molecule has 0 aliphatic heterocycles. The zero-order valence-corrected chi connectivity index (χ0v) is 13.7. The number of pyridine rings is 2. The highest BCUT2D eigenvalue weighted by atomic mass is 16.4. The van der Waals surface area contributed by atoms with Crippen LogP contribution in [0.15, 0.2) is 27.5 Å². The lowest BCUT2D eigenvalue weighted by atomic mass is 9.98. The molecule has 0 amide bonds. The summed E-state index contributed by atoms with van der Waals surface area (Å²) < 4.78 is 5.67. The molecule has 3 heterocycles. The Balaban J connectivity index is 1.98. The summed E-state index contributed by atoms with van der Waals surface area (Å²) in [6.07, 6.45) is 6.34. The van der Waals surface area contributed by atoms with Crippen molar-refractivity contribution in [2.24, 2.45) is 0 Å². The van der Waals surface area contributed by atoms with Gasteiger partial charge in [0, 0.05) is 13.2 Å². The van der Waals surface area contributed by atoms with Gasteiger partial charge in [0.1, 0.15) is 11.4 Å². The van der Waals surface area contributed by atoms with Gasteiger partial charge >= 0.3 is 5.97 Å². The van der Waals surface area contributed by atoms with Crippen LogP contribution in [-0.2, 0) is 0 Å². The topological polar surface area (TPSA) is 105 Å². The van der Waals surface area contributed by atoms with Crippen LogP contribution in [0, 0.1) is 0 Å². The van der Waals surface area contributed by atoms with E-state index in [0.29, 0.717) is 11.3 Å². The highest BCUT2D eigenvalue weighted by Gasteiger charge is 2.21. The van der Waals surface area contributed by atoms with Crippen molar-refractivity contribution in [1.82, 2.24) is 9.97 Å². The normalized spacial score (nSPS) is 15.1. The summed E-state index contributed by atoms with van der Waals surface area (Å²) in [5, 5.41) is 12.5. The van der Waals surface area contributed by atoms with Crippen LogP contribution >= 0.6 is 0 Å². The smallest absolute Gasteiger partial charge is 0.339 e. The summed E-state index contributed by atoms with van der Waals surface area (Å²) in [4.78, 5) is 32.7. The van der Waals surface area contributed by atoms with Gasteiger partial charge in [-0.15, -0.1) is 0 Å². The molecule has 0 bridgehead atoms. The van der Waals surface area contributed by atoms with Gasteiger partial charge in [-0.1, -0.05) is 12.8 Å². The van der Waals surface area contributed by atoms with E-state index < -0.39 is 5.97 Å². The molecule has 0 saturated heterocycles. The minimum absolute atomic E-state index is 0.0680. The predicted octanol–water partition coefficient (Wildman–Crippen LogP) is 3.13. The zero-order chi connectivity index (χ0) is 17.6. The second-order valence-electron chi connectivity index (χ2n) is 6.33. The Morgan fingerprint density at radius 2 is 1.96 bits per heavy atom. The maximum atomic E-state index is 12.9. The van der Waals surface area contributed by atoms with E-state index in [1.807, 2.05) is 6.07 Å². The fourth-order valence-corrected chi connectivity index (χ4v) is 3.52. The van der Waals surface area contributed by atoms with Crippen LogP contribution in [0.5, 0.6) is 0 Å². The van der Waals surface area contributed by atoms with Crippen molar-refractivity contribution in [2.75, 3.05) is 12.4 Å². The third-order valence-electron chi connectivity index (χ3n) is 4.84. The second kappa shape index (κ2) is 5.84. The van der Waals surface area contributed by atoms with Crippen LogP contribution in [0.3, 0.4) is 0 Å². The molecule has 7 nitrogen and oxygen atoms in total. The lowest BCUT2D eigenvalue weighted by Gasteiger charge is -2.10. The van der Waals surface area contributed by atoms with E-state index in [1.165, 1.54) is 18.9 Å². The van der Waals surface area contributed by atoms with Crippen molar-refractivity contribution in [1.29, 1.82) is 0 Å². The number of hydrogen-bond acceptors (Lipinski definition) is 6. The monoisotopic (exact) mass is 339 g/mol. The number of aromatic nitrogens is 2. The molecular weight excluding hydrogens is 322 g/mol. The van der Waals surface area contributed by atoms with Gasteiger partial charge in [0.15, 0.2) is 0 Å². The van der Waals surface area contributed by atoms with Crippen LogP contribution in [0.2, 0.25) is 0 Å². The van der Waals surface area contributed by atoms with Gasteiger partial charge in [-0.25, -0.2) is 9.78 Å². The minimum atomic E-state index is -1.16. The van der Waals surface area contributed by atoms with Crippen LogP contribution in [0.1, 0.15) is 47.5 Å². The van der Waals surface area contributed by atoms with Crippen molar-refractivity contribution in [2.45, 2.75) is 31.6 Å². The first-order valence-corrected chi connectivity index (χ1v) is 8.27. The summed E-state index contributed by atoms with van der Waals surface area (Å²) in [5.74, 6) is -0.590. The molecule has 0 spiro atoms. The molecule has 2 N–H and O–H groups in total. The first-order chi connectivity index (χ1) is 12.1. The van der Waals surface area contributed by atoms with Gasteiger partial charge < -0.3 is 14.8 Å². The van der Waals surface area contributed by atoms with Crippen LogP contribution in [0.4, 0.5) is 5.82 Å². The number of aromatic carboxylic acids is 1. The first kappa shape index (κ1) is 15.6. The van der Waals surface area contributed by atoms with Crippen molar-refractivity contribution in [3.63, 3.8) is 0 Å². The highest BCUT2D eigenvalue weighted by Crippen LogP contribution is 2.34. The Bertz CT molecular complexity index is 1050. The molecule has 3 aromatic heterocycles. The molecule has 3 aromatic rings. The van der Waals surface area contributed by atoms with E-state index in [1.54, 1.807) is 13.2 Å². The molecule has 7 heteroatoms. The SMILES string of the molecule is CNc1nc2oc3ncc(C4CCCC4)cc3c(=O)c2cc1C(=O)O. The van der Waals surface area contributed by atoms with Crippen molar-refractivity contribution in [3.05, 3.63) is 39.7 Å². The number of nitrogens with zero attached hydrogens (tertiary/aromatic N) is 2. The maximum Gasteiger partial charge on any atom is 0.339 e. The molecule has 1 fully saturated rings. The molecule has 0 unspecified atom stereocenters.